The first-order valence-corrected chi connectivity index (χ1v) is 13.3. The Labute approximate surface area is 224 Å². The van der Waals surface area contributed by atoms with Crippen LogP contribution in [-0.4, -0.2) is 50.9 Å². The lowest BCUT2D eigenvalue weighted by molar-refractivity contribution is -0.115. The third kappa shape index (κ3) is 4.98. The molecule has 10 nitrogen and oxygen atoms in total. The van der Waals surface area contributed by atoms with Gasteiger partial charge in [0.05, 0.1) is 24.0 Å². The minimum atomic E-state index is -0.788. The largest absolute Gasteiger partial charge is 0.462 e. The second-order valence-corrected chi connectivity index (χ2v) is 9.83. The third-order valence-corrected chi connectivity index (χ3v) is 7.39. The lowest BCUT2D eigenvalue weighted by atomic mass is 10.1. The van der Waals surface area contributed by atoms with E-state index < -0.39 is 23.1 Å². The smallest absolute Gasteiger partial charge is 0.344 e. The molecule has 1 N–H and O–H groups in total. The Bertz CT molecular complexity index is 1540. The summed E-state index contributed by atoms with van der Waals surface area (Å²) in [6.45, 7) is 10.9. The number of para-hydroxylation sites is 1. The van der Waals surface area contributed by atoms with E-state index in [9.17, 15) is 14.4 Å². The van der Waals surface area contributed by atoms with Crippen molar-refractivity contribution >= 4 is 52.0 Å². The van der Waals surface area contributed by atoms with Crippen molar-refractivity contribution in [2.75, 3.05) is 18.5 Å². The zero-order chi connectivity index (χ0) is 27.6. The molecule has 4 aromatic rings. The van der Waals surface area contributed by atoms with Gasteiger partial charge in [0.25, 0.3) is 0 Å². The molecule has 11 heteroatoms. The third-order valence-electron chi connectivity index (χ3n) is 6.08. The number of pyridine rings is 1. The predicted molar refractivity (Wildman–Crippen MR) is 144 cm³/mol. The number of anilines is 1. The normalized spacial score (nSPS) is 12.1. The molecule has 3 heterocycles. The van der Waals surface area contributed by atoms with E-state index in [4.69, 9.17) is 13.9 Å². The molecular weight excluding hydrogens is 508 g/mol. The summed E-state index contributed by atoms with van der Waals surface area (Å²) >= 11 is 1.26. The van der Waals surface area contributed by atoms with Gasteiger partial charge in [-0.25, -0.2) is 9.59 Å². The molecule has 0 aliphatic rings. The van der Waals surface area contributed by atoms with E-state index >= 15 is 0 Å². The number of thioether (sulfide) groups is 1. The van der Waals surface area contributed by atoms with Crippen molar-refractivity contribution in [2.45, 2.75) is 58.4 Å². The first-order valence-electron chi connectivity index (χ1n) is 12.4. The molecule has 0 aliphatic heterocycles. The highest BCUT2D eigenvalue weighted by atomic mass is 32.2. The molecule has 38 heavy (non-hydrogen) atoms. The fourth-order valence-electron chi connectivity index (χ4n) is 4.33. The SMILES string of the molecule is CCOC(=O)c1c(C)oc(NC(=O)C(CC)Sc2nnc3cc(C)c4cccc(C)c4n23)c1C(=O)OCC. The topological polar surface area (TPSA) is 125 Å². The number of hydrogen-bond donors (Lipinski definition) is 1. The standard InChI is InChI=1S/C27H30N4O6S/c1-7-18(38-27-30-29-19-13-15(5)17-12-10-11-14(4)22(17)31(19)27)23(32)28-24-21(26(34)36-9-3)20(16(6)37-24)25(33)35-8-2/h10-13,18H,7-9H2,1-6H3,(H,28,32). The van der Waals surface area contributed by atoms with E-state index in [-0.39, 0.29) is 36.0 Å². The van der Waals surface area contributed by atoms with Gasteiger partial charge in [-0.1, -0.05) is 36.9 Å². The van der Waals surface area contributed by atoms with Crippen molar-refractivity contribution < 1.29 is 28.3 Å². The maximum Gasteiger partial charge on any atom is 0.344 e. The monoisotopic (exact) mass is 538 g/mol. The van der Waals surface area contributed by atoms with Crippen LogP contribution in [0, 0.1) is 20.8 Å². The summed E-state index contributed by atoms with van der Waals surface area (Å²) in [5.74, 6) is -1.95. The number of rotatable bonds is 9. The summed E-state index contributed by atoms with van der Waals surface area (Å²) in [7, 11) is 0. The van der Waals surface area contributed by atoms with Gasteiger partial charge in [-0.3, -0.25) is 14.5 Å². The number of nitrogens with one attached hydrogen (secondary N) is 1. The zero-order valence-electron chi connectivity index (χ0n) is 22.2. The van der Waals surface area contributed by atoms with E-state index in [2.05, 4.69) is 15.5 Å². The number of benzene rings is 1. The molecule has 0 bridgehead atoms. The number of nitrogens with zero attached hydrogens (tertiary/aromatic N) is 3. The minimum Gasteiger partial charge on any atom is -0.462 e. The van der Waals surface area contributed by atoms with Crippen LogP contribution in [-0.2, 0) is 14.3 Å². The van der Waals surface area contributed by atoms with Gasteiger partial charge in [-0.05, 0) is 58.2 Å². The first kappa shape index (κ1) is 27.2. The molecule has 1 unspecified atom stereocenters. The Kier molecular flexibility index (Phi) is 8.05. The molecule has 1 atom stereocenters. The number of carbonyl (C=O) groups is 3. The summed E-state index contributed by atoms with van der Waals surface area (Å²) in [4.78, 5) is 38.7. The number of ether oxygens (including phenoxy) is 2. The van der Waals surface area contributed by atoms with Gasteiger partial charge in [-0.15, -0.1) is 10.2 Å². The Morgan fingerprint density at radius 1 is 1.00 bits per heavy atom. The van der Waals surface area contributed by atoms with Gasteiger partial charge < -0.3 is 13.9 Å². The average molecular weight is 539 g/mol. The summed E-state index contributed by atoms with van der Waals surface area (Å²) in [5.41, 5.74) is 3.58. The van der Waals surface area contributed by atoms with Crippen LogP contribution in [0.4, 0.5) is 5.88 Å². The van der Waals surface area contributed by atoms with Crippen LogP contribution in [0.5, 0.6) is 0 Å². The number of aryl methyl sites for hydroxylation is 3. The summed E-state index contributed by atoms with van der Waals surface area (Å²) in [5, 5.41) is 12.4. The fraction of sp³-hybridized carbons (Fsp3) is 0.370. The minimum absolute atomic E-state index is 0.0675. The molecule has 0 aliphatic carbocycles. The second-order valence-electron chi connectivity index (χ2n) is 8.66. The molecule has 0 spiro atoms. The number of aromatic nitrogens is 3. The Morgan fingerprint density at radius 3 is 2.34 bits per heavy atom. The van der Waals surface area contributed by atoms with Crippen molar-refractivity contribution in [1.82, 2.24) is 14.6 Å². The molecule has 0 fully saturated rings. The van der Waals surface area contributed by atoms with Crippen LogP contribution in [0.1, 0.15) is 64.8 Å². The average Bonchev–Trinajstić information content (AvgIpc) is 3.42. The van der Waals surface area contributed by atoms with E-state index in [1.165, 1.54) is 18.7 Å². The number of furan rings is 1. The highest BCUT2D eigenvalue weighted by Gasteiger charge is 2.33. The number of hydrogen-bond acceptors (Lipinski definition) is 9. The highest BCUT2D eigenvalue weighted by molar-refractivity contribution is 8.00. The zero-order valence-corrected chi connectivity index (χ0v) is 23.0. The second kappa shape index (κ2) is 11.3. The van der Waals surface area contributed by atoms with Crippen molar-refractivity contribution in [3.8, 4) is 0 Å². The summed E-state index contributed by atoms with van der Waals surface area (Å²) in [6, 6.07) is 8.05. The van der Waals surface area contributed by atoms with Crippen LogP contribution in [0.25, 0.3) is 16.6 Å². The molecular formula is C27H30N4O6S. The maximum absolute atomic E-state index is 13.4. The van der Waals surface area contributed by atoms with Gasteiger partial charge in [0, 0.05) is 5.39 Å². The summed E-state index contributed by atoms with van der Waals surface area (Å²) < 4.78 is 17.8. The van der Waals surface area contributed by atoms with E-state index in [0.29, 0.717) is 17.2 Å². The highest BCUT2D eigenvalue weighted by Crippen LogP contribution is 2.33. The van der Waals surface area contributed by atoms with Crippen LogP contribution >= 0.6 is 11.8 Å². The van der Waals surface area contributed by atoms with Crippen LogP contribution < -0.4 is 5.32 Å². The van der Waals surface area contributed by atoms with Crippen LogP contribution in [0.2, 0.25) is 0 Å². The van der Waals surface area contributed by atoms with Crippen molar-refractivity contribution in [3.63, 3.8) is 0 Å². The number of carbonyl (C=O) groups excluding carboxylic acids is 3. The van der Waals surface area contributed by atoms with Crippen molar-refractivity contribution in [1.29, 1.82) is 0 Å². The number of esters is 2. The molecule has 1 aromatic carbocycles. The van der Waals surface area contributed by atoms with Gasteiger partial charge in [0.2, 0.25) is 11.8 Å². The molecule has 200 valence electrons. The molecule has 0 radical (unpaired) electrons. The van der Waals surface area contributed by atoms with Crippen LogP contribution in [0.15, 0.2) is 33.8 Å². The molecule has 4 rings (SSSR count). The fourth-order valence-corrected chi connectivity index (χ4v) is 5.29. The van der Waals surface area contributed by atoms with Gasteiger partial charge in [-0.2, -0.15) is 0 Å². The molecule has 0 saturated carbocycles. The Hall–Kier alpha value is -3.86. The van der Waals surface area contributed by atoms with Gasteiger partial charge in [0.1, 0.15) is 16.9 Å². The molecule has 1 amide bonds. The Morgan fingerprint density at radius 2 is 1.68 bits per heavy atom. The van der Waals surface area contributed by atoms with E-state index in [1.54, 1.807) is 13.8 Å². The quantitative estimate of drug-likeness (QED) is 0.224. The molecule has 0 saturated heterocycles. The lowest BCUT2D eigenvalue weighted by Gasteiger charge is -2.15. The summed E-state index contributed by atoms with van der Waals surface area (Å²) in [6.07, 6.45) is 0.452. The van der Waals surface area contributed by atoms with E-state index in [0.717, 1.165) is 22.0 Å². The lowest BCUT2D eigenvalue weighted by Crippen LogP contribution is -2.26. The molecule has 3 aromatic heterocycles. The number of amides is 1. The van der Waals surface area contributed by atoms with E-state index in [1.807, 2.05) is 49.4 Å². The van der Waals surface area contributed by atoms with Crippen molar-refractivity contribution in [2.24, 2.45) is 0 Å². The first-order chi connectivity index (χ1) is 18.2. The van der Waals surface area contributed by atoms with Crippen LogP contribution in [0.3, 0.4) is 0 Å². The number of fused-ring (bicyclic) bond motifs is 3. The van der Waals surface area contributed by atoms with Crippen molar-refractivity contribution in [3.05, 3.63) is 52.3 Å². The maximum atomic E-state index is 13.4. The van der Waals surface area contributed by atoms with Gasteiger partial charge in [0.15, 0.2) is 10.8 Å². The predicted octanol–water partition coefficient (Wildman–Crippen LogP) is 5.26. The van der Waals surface area contributed by atoms with Gasteiger partial charge >= 0.3 is 11.9 Å². The Balaban J connectivity index is 1.69.